The molecule has 0 aromatic heterocycles. The molecule has 0 saturated carbocycles. The molecule has 0 aliphatic heterocycles. The molecule has 0 saturated heterocycles. The Bertz CT molecular complexity index is 584. The van der Waals surface area contributed by atoms with Crippen LogP contribution in [-0.4, -0.2) is 63.4 Å². The molecule has 0 aromatic carbocycles. The Morgan fingerprint density at radius 2 is 1.50 bits per heavy atom. The number of aliphatic hydroxyl groups is 1. The minimum Gasteiger partial charge on any atom is -0.465 e. The number of rotatable bonds is 15. The standard InChI is InChI=1S/C23H43NO8/c1-8-10-14(3)13-24(22(27)28)17(6)12-15(4)11-16(5)20(25)18(7)21(26)31-19(9-2)32-23(29)30/h14-20,25H,8-13H2,1-7H3,(H,27,28)(H,29,30)/t14-,15?,16?,17-,18?,19?,20?/m1/s1. The van der Waals surface area contributed by atoms with E-state index >= 15 is 0 Å². The first-order chi connectivity index (χ1) is 14.8. The van der Waals surface area contributed by atoms with Crippen LogP contribution in [0.5, 0.6) is 0 Å². The third kappa shape index (κ3) is 11.0. The van der Waals surface area contributed by atoms with Gasteiger partial charge in [-0.05, 0) is 50.9 Å². The van der Waals surface area contributed by atoms with Crippen LogP contribution < -0.4 is 0 Å². The maximum atomic E-state index is 12.3. The highest BCUT2D eigenvalue weighted by atomic mass is 16.8. The molecule has 32 heavy (non-hydrogen) atoms. The van der Waals surface area contributed by atoms with Crippen LogP contribution in [0, 0.1) is 23.7 Å². The summed E-state index contributed by atoms with van der Waals surface area (Å²) in [6.45, 7) is 13.5. The molecule has 5 unspecified atom stereocenters. The van der Waals surface area contributed by atoms with E-state index in [2.05, 4.69) is 18.6 Å². The summed E-state index contributed by atoms with van der Waals surface area (Å²) in [6, 6.07) is -0.160. The molecule has 0 rings (SSSR count). The van der Waals surface area contributed by atoms with Crippen LogP contribution in [0.25, 0.3) is 0 Å². The number of esters is 1. The Hall–Kier alpha value is -2.03. The van der Waals surface area contributed by atoms with E-state index in [1.165, 1.54) is 11.8 Å². The molecule has 0 aromatic rings. The van der Waals surface area contributed by atoms with Crippen LogP contribution in [-0.2, 0) is 14.3 Å². The predicted molar refractivity (Wildman–Crippen MR) is 120 cm³/mol. The molecule has 188 valence electrons. The molecule has 0 radical (unpaired) electrons. The zero-order chi connectivity index (χ0) is 25.0. The second-order valence-electron chi connectivity index (χ2n) is 9.17. The van der Waals surface area contributed by atoms with Gasteiger partial charge >= 0.3 is 18.2 Å². The number of hydrogen-bond acceptors (Lipinski definition) is 6. The maximum absolute atomic E-state index is 12.3. The molecule has 1 amide bonds. The monoisotopic (exact) mass is 461 g/mol. The fourth-order valence-corrected chi connectivity index (χ4v) is 4.12. The first kappa shape index (κ1) is 30.0. The third-order valence-corrected chi connectivity index (χ3v) is 5.87. The van der Waals surface area contributed by atoms with Crippen molar-refractivity contribution in [3.63, 3.8) is 0 Å². The van der Waals surface area contributed by atoms with Gasteiger partial charge in [0.05, 0.1) is 12.0 Å². The molecule has 0 fully saturated rings. The number of nitrogens with zero attached hydrogens (tertiary/aromatic N) is 1. The highest BCUT2D eigenvalue weighted by Gasteiger charge is 2.32. The zero-order valence-electron chi connectivity index (χ0n) is 20.6. The topological polar surface area (TPSA) is 134 Å². The van der Waals surface area contributed by atoms with Crippen LogP contribution in [0.2, 0.25) is 0 Å². The lowest BCUT2D eigenvalue weighted by Crippen LogP contribution is -2.41. The van der Waals surface area contributed by atoms with E-state index in [0.29, 0.717) is 25.3 Å². The lowest BCUT2D eigenvalue weighted by atomic mass is 9.84. The van der Waals surface area contributed by atoms with Crippen molar-refractivity contribution < 1.29 is 39.2 Å². The number of amides is 1. The normalized spacial score (nSPS) is 17.9. The van der Waals surface area contributed by atoms with Crippen molar-refractivity contribution in [2.45, 2.75) is 99.0 Å². The summed E-state index contributed by atoms with van der Waals surface area (Å²) in [6.07, 6.45) is -1.25. The Morgan fingerprint density at radius 1 is 0.906 bits per heavy atom. The second-order valence-corrected chi connectivity index (χ2v) is 9.17. The number of carbonyl (C=O) groups excluding carboxylic acids is 1. The molecule has 7 atom stereocenters. The van der Waals surface area contributed by atoms with Gasteiger partial charge in [0.2, 0.25) is 0 Å². The largest absolute Gasteiger partial charge is 0.508 e. The van der Waals surface area contributed by atoms with Gasteiger partial charge in [-0.2, -0.15) is 0 Å². The minimum absolute atomic E-state index is 0.125. The van der Waals surface area contributed by atoms with Gasteiger partial charge in [-0.15, -0.1) is 0 Å². The fraction of sp³-hybridized carbons (Fsp3) is 0.870. The molecule has 0 heterocycles. The van der Waals surface area contributed by atoms with Gasteiger partial charge in [0.25, 0.3) is 6.29 Å². The molecule has 0 bridgehead atoms. The van der Waals surface area contributed by atoms with Crippen LogP contribution in [0.3, 0.4) is 0 Å². The minimum atomic E-state index is -1.53. The van der Waals surface area contributed by atoms with Gasteiger partial charge in [-0.3, -0.25) is 4.79 Å². The predicted octanol–water partition coefficient (Wildman–Crippen LogP) is 4.81. The van der Waals surface area contributed by atoms with Crippen LogP contribution in [0.15, 0.2) is 0 Å². The number of ether oxygens (including phenoxy) is 2. The van der Waals surface area contributed by atoms with Gasteiger partial charge < -0.3 is 29.7 Å². The molecule has 3 N–H and O–H groups in total. The molecule has 0 aliphatic carbocycles. The third-order valence-electron chi connectivity index (χ3n) is 5.87. The van der Waals surface area contributed by atoms with Crippen molar-refractivity contribution in [2.24, 2.45) is 23.7 Å². The van der Waals surface area contributed by atoms with E-state index < -0.39 is 36.5 Å². The summed E-state index contributed by atoms with van der Waals surface area (Å²) in [5, 5.41) is 28.9. The lowest BCUT2D eigenvalue weighted by Gasteiger charge is -2.32. The first-order valence-corrected chi connectivity index (χ1v) is 11.6. The molecule has 0 spiro atoms. The van der Waals surface area contributed by atoms with Gasteiger partial charge in [-0.1, -0.05) is 41.0 Å². The quantitative estimate of drug-likeness (QED) is 0.234. The van der Waals surface area contributed by atoms with Gasteiger partial charge in [0, 0.05) is 19.0 Å². The van der Waals surface area contributed by atoms with Crippen molar-refractivity contribution in [3.05, 3.63) is 0 Å². The van der Waals surface area contributed by atoms with E-state index in [1.54, 1.807) is 6.92 Å². The van der Waals surface area contributed by atoms with Crippen molar-refractivity contribution >= 4 is 18.2 Å². The van der Waals surface area contributed by atoms with Crippen molar-refractivity contribution in [3.8, 4) is 0 Å². The van der Waals surface area contributed by atoms with Crippen LogP contribution in [0.4, 0.5) is 9.59 Å². The smallest absolute Gasteiger partial charge is 0.465 e. The van der Waals surface area contributed by atoms with Crippen molar-refractivity contribution in [1.29, 1.82) is 0 Å². The average Bonchev–Trinajstić information content (AvgIpc) is 2.69. The first-order valence-electron chi connectivity index (χ1n) is 11.6. The van der Waals surface area contributed by atoms with Crippen molar-refractivity contribution in [2.75, 3.05) is 6.54 Å². The second kappa shape index (κ2) is 14.9. The Kier molecular flexibility index (Phi) is 14.0. The van der Waals surface area contributed by atoms with Gasteiger partial charge in [0.1, 0.15) is 0 Å². The highest BCUT2D eigenvalue weighted by molar-refractivity contribution is 5.73. The molecular weight excluding hydrogens is 418 g/mol. The summed E-state index contributed by atoms with van der Waals surface area (Å²) >= 11 is 0. The summed E-state index contributed by atoms with van der Waals surface area (Å²) in [5.41, 5.74) is 0. The summed E-state index contributed by atoms with van der Waals surface area (Å²) < 4.78 is 9.55. The molecule has 9 nitrogen and oxygen atoms in total. The summed E-state index contributed by atoms with van der Waals surface area (Å²) in [7, 11) is 0. The van der Waals surface area contributed by atoms with E-state index in [4.69, 9.17) is 9.84 Å². The molecule has 9 heteroatoms. The highest BCUT2D eigenvalue weighted by Crippen LogP contribution is 2.26. The maximum Gasteiger partial charge on any atom is 0.508 e. The SMILES string of the molecule is CCC[C@@H](C)CN(C(=O)O)[C@H](C)CC(C)CC(C)C(O)C(C)C(=O)OC(CC)OC(=O)O. The van der Waals surface area contributed by atoms with Crippen molar-refractivity contribution in [1.82, 2.24) is 4.90 Å². The Morgan fingerprint density at radius 3 is 1.97 bits per heavy atom. The number of hydrogen-bond donors (Lipinski definition) is 3. The average molecular weight is 462 g/mol. The lowest BCUT2D eigenvalue weighted by molar-refractivity contribution is -0.179. The number of aliphatic hydroxyl groups excluding tert-OH is 1. The van der Waals surface area contributed by atoms with E-state index in [0.717, 1.165) is 12.8 Å². The van der Waals surface area contributed by atoms with Crippen LogP contribution >= 0.6 is 0 Å². The zero-order valence-corrected chi connectivity index (χ0v) is 20.6. The van der Waals surface area contributed by atoms with Gasteiger partial charge in [-0.25, -0.2) is 9.59 Å². The fourth-order valence-electron chi connectivity index (χ4n) is 4.12. The summed E-state index contributed by atoms with van der Waals surface area (Å²) in [5.74, 6) is -1.40. The van der Waals surface area contributed by atoms with E-state index in [1.807, 2.05) is 20.8 Å². The molecular formula is C23H43NO8. The Balaban J connectivity index is 4.82. The molecule has 0 aliphatic rings. The Labute approximate surface area is 192 Å². The number of carbonyl (C=O) groups is 3. The van der Waals surface area contributed by atoms with E-state index in [-0.39, 0.29) is 24.3 Å². The van der Waals surface area contributed by atoms with Gasteiger partial charge in [0.15, 0.2) is 0 Å². The van der Waals surface area contributed by atoms with Crippen LogP contribution in [0.1, 0.15) is 80.6 Å². The summed E-state index contributed by atoms with van der Waals surface area (Å²) in [4.78, 5) is 36.2. The number of carboxylic acid groups (broad SMARTS) is 2. The van der Waals surface area contributed by atoms with E-state index in [9.17, 15) is 24.6 Å².